The van der Waals surface area contributed by atoms with Gasteiger partial charge in [0.25, 0.3) is 10.0 Å². The quantitative estimate of drug-likeness (QED) is 0.821. The molecule has 1 aliphatic heterocycles. The van der Waals surface area contributed by atoms with Gasteiger partial charge in [-0.2, -0.15) is 0 Å². The lowest BCUT2D eigenvalue weighted by Crippen LogP contribution is -2.48. The second-order valence-corrected chi connectivity index (χ2v) is 7.05. The Balaban J connectivity index is 2.13. The Morgan fingerprint density at radius 1 is 1.50 bits per heavy atom. The summed E-state index contributed by atoms with van der Waals surface area (Å²) in [7, 11) is -3.54. The SMILES string of the molecule is Cc1cc(S(=O)(=O)NN2CCOCC2)sc1CO. The largest absolute Gasteiger partial charge is 0.391 e. The Bertz CT molecular complexity index is 506. The number of nitrogens with zero attached hydrogens (tertiary/aromatic N) is 1. The zero-order chi connectivity index (χ0) is 13.2. The van der Waals surface area contributed by atoms with E-state index < -0.39 is 10.0 Å². The highest BCUT2D eigenvalue weighted by Gasteiger charge is 2.22. The van der Waals surface area contributed by atoms with Crippen molar-refractivity contribution in [2.24, 2.45) is 0 Å². The van der Waals surface area contributed by atoms with Gasteiger partial charge in [-0.25, -0.2) is 13.4 Å². The fourth-order valence-corrected chi connectivity index (χ4v) is 4.21. The summed E-state index contributed by atoms with van der Waals surface area (Å²) in [5.41, 5.74) is 0.796. The highest BCUT2D eigenvalue weighted by molar-refractivity contribution is 7.91. The standard InChI is InChI=1S/C10H16N2O4S2/c1-8-6-10(17-9(8)7-13)18(14,15)11-12-2-4-16-5-3-12/h6,11,13H,2-5,7H2,1H3. The summed E-state index contributed by atoms with van der Waals surface area (Å²) >= 11 is 1.10. The fraction of sp³-hybridized carbons (Fsp3) is 0.600. The van der Waals surface area contributed by atoms with Crippen molar-refractivity contribution in [3.63, 3.8) is 0 Å². The summed E-state index contributed by atoms with van der Waals surface area (Å²) in [6.07, 6.45) is 0. The molecule has 0 radical (unpaired) electrons. The zero-order valence-corrected chi connectivity index (χ0v) is 11.7. The topological polar surface area (TPSA) is 78.9 Å². The monoisotopic (exact) mass is 292 g/mol. The lowest BCUT2D eigenvalue weighted by atomic mass is 10.3. The molecule has 2 heterocycles. The van der Waals surface area contributed by atoms with Gasteiger partial charge in [-0.3, -0.25) is 0 Å². The van der Waals surface area contributed by atoms with Crippen LogP contribution in [0, 0.1) is 6.92 Å². The minimum absolute atomic E-state index is 0.135. The number of hydrogen-bond acceptors (Lipinski definition) is 6. The van der Waals surface area contributed by atoms with Crippen molar-refractivity contribution in [1.29, 1.82) is 0 Å². The van der Waals surface area contributed by atoms with Gasteiger partial charge < -0.3 is 9.84 Å². The number of hydrogen-bond donors (Lipinski definition) is 2. The molecule has 0 saturated carbocycles. The van der Waals surface area contributed by atoms with Crippen LogP contribution in [0.25, 0.3) is 0 Å². The third-order valence-corrected chi connectivity index (χ3v) is 5.74. The number of aliphatic hydroxyl groups is 1. The minimum Gasteiger partial charge on any atom is -0.391 e. The number of morpholine rings is 1. The predicted octanol–water partition coefficient (Wildman–Crippen LogP) is 0.0743. The molecule has 1 aromatic rings. The van der Waals surface area contributed by atoms with E-state index in [1.165, 1.54) is 0 Å². The summed E-state index contributed by atoms with van der Waals surface area (Å²) in [5, 5.41) is 10.7. The molecule has 0 bridgehead atoms. The van der Waals surface area contributed by atoms with Crippen molar-refractivity contribution in [2.45, 2.75) is 17.7 Å². The summed E-state index contributed by atoms with van der Waals surface area (Å²) in [6.45, 7) is 3.77. The summed E-state index contributed by atoms with van der Waals surface area (Å²) in [5.74, 6) is 0. The molecular formula is C10H16N2O4S2. The molecule has 6 nitrogen and oxygen atoms in total. The van der Waals surface area contributed by atoms with Crippen molar-refractivity contribution in [3.05, 3.63) is 16.5 Å². The van der Waals surface area contributed by atoms with E-state index in [0.717, 1.165) is 16.9 Å². The molecule has 2 rings (SSSR count). The van der Waals surface area contributed by atoms with Crippen LogP contribution in [0.5, 0.6) is 0 Å². The Labute approximate surface area is 110 Å². The van der Waals surface area contributed by atoms with E-state index in [1.807, 2.05) is 0 Å². The maximum absolute atomic E-state index is 12.1. The van der Waals surface area contributed by atoms with Gasteiger partial charge in [-0.05, 0) is 18.6 Å². The molecule has 1 aromatic heterocycles. The number of aliphatic hydroxyl groups excluding tert-OH is 1. The Morgan fingerprint density at radius 2 is 2.17 bits per heavy atom. The molecule has 1 saturated heterocycles. The van der Waals surface area contributed by atoms with Gasteiger partial charge in [-0.1, -0.05) is 0 Å². The molecule has 1 aliphatic rings. The van der Waals surface area contributed by atoms with Crippen LogP contribution in [0.2, 0.25) is 0 Å². The molecular weight excluding hydrogens is 276 g/mol. The summed E-state index contributed by atoms with van der Waals surface area (Å²) < 4.78 is 29.6. The molecule has 0 atom stereocenters. The van der Waals surface area contributed by atoms with Gasteiger partial charge in [0.2, 0.25) is 0 Å². The van der Waals surface area contributed by atoms with Crippen LogP contribution in [0.1, 0.15) is 10.4 Å². The highest BCUT2D eigenvalue weighted by Crippen LogP contribution is 2.25. The molecule has 1 fully saturated rings. The third-order valence-electron chi connectivity index (χ3n) is 2.67. The molecule has 0 aromatic carbocycles. The number of aryl methyl sites for hydroxylation is 1. The third kappa shape index (κ3) is 3.08. The van der Waals surface area contributed by atoms with Crippen LogP contribution in [-0.4, -0.2) is 44.8 Å². The van der Waals surface area contributed by atoms with Gasteiger partial charge in [0, 0.05) is 18.0 Å². The maximum atomic E-state index is 12.1. The van der Waals surface area contributed by atoms with Crippen molar-refractivity contribution in [2.75, 3.05) is 26.3 Å². The zero-order valence-electron chi connectivity index (χ0n) is 10.0. The van der Waals surface area contributed by atoms with Crippen molar-refractivity contribution in [1.82, 2.24) is 9.84 Å². The van der Waals surface area contributed by atoms with Gasteiger partial charge in [-0.15, -0.1) is 16.2 Å². The summed E-state index contributed by atoms with van der Waals surface area (Å²) in [4.78, 5) is 3.21. The molecule has 0 aliphatic carbocycles. The number of ether oxygens (including phenoxy) is 1. The summed E-state index contributed by atoms with van der Waals surface area (Å²) in [6, 6.07) is 1.58. The lowest BCUT2D eigenvalue weighted by Gasteiger charge is -2.26. The Kier molecular flexibility index (Phi) is 4.36. The fourth-order valence-electron chi connectivity index (χ4n) is 1.65. The molecule has 18 heavy (non-hydrogen) atoms. The van der Waals surface area contributed by atoms with Gasteiger partial charge >= 0.3 is 0 Å². The smallest absolute Gasteiger partial charge is 0.262 e. The highest BCUT2D eigenvalue weighted by atomic mass is 32.2. The Morgan fingerprint density at radius 3 is 2.72 bits per heavy atom. The Hall–Kier alpha value is -0.510. The average molecular weight is 292 g/mol. The minimum atomic E-state index is -3.54. The van der Waals surface area contributed by atoms with Crippen LogP contribution in [0.3, 0.4) is 0 Å². The average Bonchev–Trinajstić information content (AvgIpc) is 2.72. The van der Waals surface area contributed by atoms with Gasteiger partial charge in [0.15, 0.2) is 0 Å². The number of hydrazine groups is 1. The lowest BCUT2D eigenvalue weighted by molar-refractivity contribution is 0.0272. The molecule has 8 heteroatoms. The van der Waals surface area contributed by atoms with Crippen LogP contribution < -0.4 is 4.83 Å². The molecule has 0 amide bonds. The molecule has 0 unspecified atom stereocenters. The number of nitrogens with one attached hydrogen (secondary N) is 1. The van der Waals surface area contributed by atoms with Crippen LogP contribution in [-0.2, 0) is 21.4 Å². The van der Waals surface area contributed by atoms with E-state index >= 15 is 0 Å². The van der Waals surface area contributed by atoms with E-state index in [-0.39, 0.29) is 10.8 Å². The number of thiophene rings is 1. The number of sulfonamides is 1. The second-order valence-electron chi connectivity index (χ2n) is 4.02. The normalized spacial score (nSPS) is 18.1. The van der Waals surface area contributed by atoms with E-state index in [2.05, 4.69) is 4.83 Å². The first kappa shape index (κ1) is 13.9. The van der Waals surface area contributed by atoms with E-state index in [1.54, 1.807) is 18.0 Å². The van der Waals surface area contributed by atoms with Crippen molar-refractivity contribution in [3.8, 4) is 0 Å². The van der Waals surface area contributed by atoms with Crippen molar-refractivity contribution < 1.29 is 18.3 Å². The van der Waals surface area contributed by atoms with Crippen molar-refractivity contribution >= 4 is 21.4 Å². The maximum Gasteiger partial charge on any atom is 0.262 e. The molecule has 2 N–H and O–H groups in total. The van der Waals surface area contributed by atoms with E-state index in [0.29, 0.717) is 31.2 Å². The molecule has 102 valence electrons. The molecule has 0 spiro atoms. The van der Waals surface area contributed by atoms with Gasteiger partial charge in [0.1, 0.15) is 4.21 Å². The first-order chi connectivity index (χ1) is 8.53. The first-order valence-electron chi connectivity index (χ1n) is 5.58. The van der Waals surface area contributed by atoms with Gasteiger partial charge in [0.05, 0.1) is 19.8 Å². The van der Waals surface area contributed by atoms with Crippen LogP contribution in [0.4, 0.5) is 0 Å². The number of rotatable bonds is 4. The van der Waals surface area contributed by atoms with Crippen LogP contribution in [0.15, 0.2) is 10.3 Å². The van der Waals surface area contributed by atoms with Crippen LogP contribution >= 0.6 is 11.3 Å². The predicted molar refractivity (Wildman–Crippen MR) is 67.7 cm³/mol. The first-order valence-corrected chi connectivity index (χ1v) is 7.88. The second kappa shape index (κ2) is 5.64. The van der Waals surface area contributed by atoms with E-state index in [4.69, 9.17) is 9.84 Å². The van der Waals surface area contributed by atoms with E-state index in [9.17, 15) is 8.42 Å².